The maximum atomic E-state index is 13.5. The molecule has 1 heterocycles. The molecule has 2 rings (SSSR count). The predicted molar refractivity (Wildman–Crippen MR) is 73.6 cm³/mol. The second-order valence-corrected chi connectivity index (χ2v) is 4.88. The van der Waals surface area contributed by atoms with Crippen LogP contribution >= 0.6 is 34.8 Å². The van der Waals surface area contributed by atoms with Crippen molar-refractivity contribution in [2.24, 2.45) is 0 Å². The summed E-state index contributed by atoms with van der Waals surface area (Å²) in [5, 5.41) is 1.97. The monoisotopic (exact) mass is 336 g/mol. The number of amides is 1. The van der Waals surface area contributed by atoms with E-state index < -0.39 is 17.5 Å². The molecular formula is C12H5Cl3F2N2O. The number of nitrogens with one attached hydrogen (secondary N) is 1. The standard InChI is InChI=1S/C12H5Cl3F2N2O/c13-7-3-6(16)4-8(17)11(7)19-12(20)5-1-9(14)18-10(15)2-5/h1-4H,(H,19,20). The summed E-state index contributed by atoms with van der Waals surface area (Å²) in [6.07, 6.45) is 0. The fourth-order valence-electron chi connectivity index (χ4n) is 1.44. The van der Waals surface area contributed by atoms with Gasteiger partial charge >= 0.3 is 0 Å². The molecule has 0 aliphatic rings. The molecule has 1 amide bonds. The number of hydrogen-bond donors (Lipinski definition) is 1. The zero-order valence-corrected chi connectivity index (χ0v) is 11.8. The lowest BCUT2D eigenvalue weighted by molar-refractivity contribution is 0.102. The van der Waals surface area contributed by atoms with Gasteiger partial charge < -0.3 is 5.32 Å². The fraction of sp³-hybridized carbons (Fsp3) is 0. The van der Waals surface area contributed by atoms with E-state index in [0.717, 1.165) is 6.07 Å². The van der Waals surface area contributed by atoms with E-state index in [0.29, 0.717) is 6.07 Å². The van der Waals surface area contributed by atoms with E-state index in [1.807, 2.05) is 0 Å². The van der Waals surface area contributed by atoms with Gasteiger partial charge in [-0.05, 0) is 18.2 Å². The van der Waals surface area contributed by atoms with E-state index in [2.05, 4.69) is 10.3 Å². The molecule has 0 radical (unpaired) electrons. The third kappa shape index (κ3) is 3.36. The Balaban J connectivity index is 2.32. The van der Waals surface area contributed by atoms with Crippen molar-refractivity contribution in [3.05, 3.63) is 56.8 Å². The Labute approximate surface area is 127 Å². The van der Waals surface area contributed by atoms with Gasteiger partial charge in [0.25, 0.3) is 5.91 Å². The zero-order valence-electron chi connectivity index (χ0n) is 9.55. The first-order chi connectivity index (χ1) is 9.36. The van der Waals surface area contributed by atoms with Crippen LogP contribution in [0.4, 0.5) is 14.5 Å². The van der Waals surface area contributed by atoms with Crippen molar-refractivity contribution in [3.63, 3.8) is 0 Å². The Bertz CT molecular complexity index is 651. The van der Waals surface area contributed by atoms with Crippen LogP contribution in [0, 0.1) is 11.6 Å². The molecule has 0 aliphatic carbocycles. The summed E-state index contributed by atoms with van der Waals surface area (Å²) < 4.78 is 26.4. The lowest BCUT2D eigenvalue weighted by Gasteiger charge is -2.09. The van der Waals surface area contributed by atoms with Gasteiger partial charge in [0.1, 0.15) is 16.1 Å². The molecule has 0 spiro atoms. The smallest absolute Gasteiger partial charge is 0.256 e. The largest absolute Gasteiger partial charge is 0.318 e. The van der Waals surface area contributed by atoms with Crippen molar-refractivity contribution in [1.29, 1.82) is 0 Å². The van der Waals surface area contributed by atoms with Crippen LogP contribution in [0.15, 0.2) is 24.3 Å². The molecule has 0 fully saturated rings. The molecular weight excluding hydrogens is 333 g/mol. The predicted octanol–water partition coefficient (Wildman–Crippen LogP) is 4.57. The number of carbonyl (C=O) groups excluding carboxylic acids is 1. The van der Waals surface area contributed by atoms with Crippen LogP contribution in [0.2, 0.25) is 15.3 Å². The van der Waals surface area contributed by atoms with E-state index in [1.165, 1.54) is 12.1 Å². The van der Waals surface area contributed by atoms with Gasteiger partial charge in [0, 0.05) is 11.6 Å². The lowest BCUT2D eigenvalue weighted by Crippen LogP contribution is -2.14. The van der Waals surface area contributed by atoms with Gasteiger partial charge in [0.2, 0.25) is 0 Å². The van der Waals surface area contributed by atoms with Gasteiger partial charge in [-0.25, -0.2) is 13.8 Å². The number of hydrogen-bond acceptors (Lipinski definition) is 2. The maximum absolute atomic E-state index is 13.5. The minimum atomic E-state index is -0.991. The molecule has 0 unspecified atom stereocenters. The van der Waals surface area contributed by atoms with Crippen molar-refractivity contribution < 1.29 is 13.6 Å². The van der Waals surface area contributed by atoms with Crippen LogP contribution in [0.3, 0.4) is 0 Å². The van der Waals surface area contributed by atoms with E-state index >= 15 is 0 Å². The Kier molecular flexibility index (Phi) is 4.42. The summed E-state index contributed by atoms with van der Waals surface area (Å²) in [5.74, 6) is -2.54. The number of aromatic nitrogens is 1. The lowest BCUT2D eigenvalue weighted by atomic mass is 10.2. The molecule has 0 bridgehead atoms. The summed E-state index contributed by atoms with van der Waals surface area (Å²) in [6.45, 7) is 0. The Hall–Kier alpha value is -1.43. The van der Waals surface area contributed by atoms with E-state index in [1.54, 1.807) is 0 Å². The summed E-state index contributed by atoms with van der Waals surface area (Å²) in [4.78, 5) is 15.6. The van der Waals surface area contributed by atoms with Crippen LogP contribution in [-0.4, -0.2) is 10.9 Å². The third-order valence-corrected chi connectivity index (χ3v) is 2.96. The highest BCUT2D eigenvalue weighted by molar-refractivity contribution is 6.34. The topological polar surface area (TPSA) is 42.0 Å². The van der Waals surface area contributed by atoms with Gasteiger partial charge in [-0.3, -0.25) is 4.79 Å². The molecule has 8 heteroatoms. The first-order valence-electron chi connectivity index (χ1n) is 5.16. The molecule has 1 N–H and O–H groups in total. The molecule has 0 atom stereocenters. The first kappa shape index (κ1) is 15.0. The van der Waals surface area contributed by atoms with Crippen LogP contribution in [0.1, 0.15) is 10.4 Å². The molecule has 0 aliphatic heterocycles. The number of rotatable bonds is 2. The Morgan fingerprint density at radius 1 is 1.05 bits per heavy atom. The minimum absolute atomic E-state index is 0.00771. The van der Waals surface area contributed by atoms with Gasteiger partial charge in [-0.15, -0.1) is 0 Å². The van der Waals surface area contributed by atoms with Crippen molar-refractivity contribution in [2.75, 3.05) is 5.32 Å². The van der Waals surface area contributed by atoms with Crippen LogP contribution in [0.25, 0.3) is 0 Å². The van der Waals surface area contributed by atoms with Gasteiger partial charge in [0.15, 0.2) is 5.82 Å². The summed E-state index contributed by atoms with van der Waals surface area (Å²) in [6, 6.07) is 3.98. The van der Waals surface area contributed by atoms with E-state index in [-0.39, 0.29) is 26.6 Å². The highest BCUT2D eigenvalue weighted by atomic mass is 35.5. The van der Waals surface area contributed by atoms with Crippen molar-refractivity contribution in [1.82, 2.24) is 4.98 Å². The second-order valence-electron chi connectivity index (χ2n) is 3.70. The number of benzene rings is 1. The molecule has 1 aromatic carbocycles. The number of nitrogens with zero attached hydrogens (tertiary/aromatic N) is 1. The number of anilines is 1. The number of halogens is 5. The van der Waals surface area contributed by atoms with E-state index in [9.17, 15) is 13.6 Å². The SMILES string of the molecule is O=C(Nc1c(F)cc(F)cc1Cl)c1cc(Cl)nc(Cl)c1. The molecule has 1 aromatic heterocycles. The molecule has 2 aromatic rings. The zero-order chi connectivity index (χ0) is 14.9. The Morgan fingerprint density at radius 2 is 1.65 bits per heavy atom. The quantitative estimate of drug-likeness (QED) is 0.816. The number of carbonyl (C=O) groups is 1. The minimum Gasteiger partial charge on any atom is -0.318 e. The van der Waals surface area contributed by atoms with Crippen LogP contribution in [-0.2, 0) is 0 Å². The third-order valence-electron chi connectivity index (χ3n) is 2.27. The molecule has 3 nitrogen and oxygen atoms in total. The molecule has 104 valence electrons. The van der Waals surface area contributed by atoms with Crippen molar-refractivity contribution in [2.45, 2.75) is 0 Å². The maximum Gasteiger partial charge on any atom is 0.256 e. The van der Waals surface area contributed by atoms with Crippen molar-refractivity contribution in [3.8, 4) is 0 Å². The fourth-order valence-corrected chi connectivity index (χ4v) is 2.15. The van der Waals surface area contributed by atoms with Crippen LogP contribution in [0.5, 0.6) is 0 Å². The second kappa shape index (κ2) is 5.91. The molecule has 0 saturated carbocycles. The summed E-state index contributed by atoms with van der Waals surface area (Å²) in [5.41, 5.74) is -0.267. The van der Waals surface area contributed by atoms with Gasteiger partial charge in [0.05, 0.1) is 10.7 Å². The van der Waals surface area contributed by atoms with Crippen LogP contribution < -0.4 is 5.32 Å². The Morgan fingerprint density at radius 3 is 2.20 bits per heavy atom. The summed E-state index contributed by atoms with van der Waals surface area (Å²) >= 11 is 17.0. The van der Waals surface area contributed by atoms with Gasteiger partial charge in [-0.2, -0.15) is 0 Å². The highest BCUT2D eigenvalue weighted by Crippen LogP contribution is 2.27. The normalized spacial score (nSPS) is 10.4. The average Bonchev–Trinajstić information content (AvgIpc) is 2.32. The molecule has 20 heavy (non-hydrogen) atoms. The highest BCUT2D eigenvalue weighted by Gasteiger charge is 2.15. The first-order valence-corrected chi connectivity index (χ1v) is 6.29. The molecule has 0 saturated heterocycles. The number of pyridine rings is 1. The average molecular weight is 338 g/mol. The van der Waals surface area contributed by atoms with E-state index in [4.69, 9.17) is 34.8 Å². The van der Waals surface area contributed by atoms with Crippen molar-refractivity contribution >= 4 is 46.4 Å². The summed E-state index contributed by atoms with van der Waals surface area (Å²) in [7, 11) is 0. The van der Waals surface area contributed by atoms with Gasteiger partial charge in [-0.1, -0.05) is 34.8 Å².